The summed E-state index contributed by atoms with van der Waals surface area (Å²) in [4.78, 5) is 11.8. The van der Waals surface area contributed by atoms with Crippen LogP contribution in [0.2, 0.25) is 0 Å². The number of carbonyl (C=O) groups excluding carboxylic acids is 1. The van der Waals surface area contributed by atoms with Gasteiger partial charge in [0, 0.05) is 12.0 Å². The second-order valence-electron chi connectivity index (χ2n) is 5.84. The van der Waals surface area contributed by atoms with Crippen LogP contribution in [0.1, 0.15) is 46.1 Å². The Labute approximate surface area is 140 Å². The molecule has 0 bridgehead atoms. The second-order valence-corrected chi connectivity index (χ2v) is 7.52. The molecule has 1 atom stereocenters. The summed E-state index contributed by atoms with van der Waals surface area (Å²) < 4.78 is 38.4. The Morgan fingerprint density at radius 1 is 1.33 bits per heavy atom. The largest absolute Gasteiger partial charge is 0.469 e. The number of benzene rings is 1. The first-order valence-corrected chi connectivity index (χ1v) is 9.18. The molecule has 1 unspecified atom stereocenters. The number of hydrogen-bond acceptors (Lipinski definition) is 5. The van der Waals surface area contributed by atoms with Crippen LogP contribution in [0.5, 0.6) is 0 Å². The van der Waals surface area contributed by atoms with E-state index in [9.17, 15) is 13.2 Å². The van der Waals surface area contributed by atoms with Crippen LogP contribution in [-0.4, -0.2) is 21.5 Å². The molecule has 6 nitrogen and oxygen atoms in total. The number of esters is 1. The van der Waals surface area contributed by atoms with Crippen molar-refractivity contribution in [2.45, 2.75) is 37.1 Å². The highest BCUT2D eigenvalue weighted by atomic mass is 32.2. The van der Waals surface area contributed by atoms with Gasteiger partial charge in [-0.25, -0.2) is 17.9 Å². The maximum absolute atomic E-state index is 12.8. The third kappa shape index (κ3) is 3.09. The van der Waals surface area contributed by atoms with Crippen molar-refractivity contribution in [1.82, 2.24) is 4.72 Å². The van der Waals surface area contributed by atoms with E-state index in [1.165, 1.54) is 13.2 Å². The smallest absolute Gasteiger partial charge is 0.337 e. The molecule has 24 heavy (non-hydrogen) atoms. The summed E-state index contributed by atoms with van der Waals surface area (Å²) in [5.74, 6) is 0.259. The van der Waals surface area contributed by atoms with E-state index in [0.29, 0.717) is 12.0 Å². The van der Waals surface area contributed by atoms with Crippen molar-refractivity contribution in [3.8, 4) is 0 Å². The molecule has 0 saturated carbocycles. The Balaban J connectivity index is 1.93. The fourth-order valence-corrected chi connectivity index (χ4v) is 4.51. The maximum Gasteiger partial charge on any atom is 0.337 e. The zero-order valence-corrected chi connectivity index (χ0v) is 14.4. The number of furan rings is 1. The first kappa shape index (κ1) is 16.7. The summed E-state index contributed by atoms with van der Waals surface area (Å²) in [5, 5.41) is 0. The van der Waals surface area contributed by atoms with E-state index >= 15 is 0 Å². The minimum atomic E-state index is -3.77. The van der Waals surface area contributed by atoms with E-state index in [1.54, 1.807) is 31.4 Å². The molecule has 1 heterocycles. The summed E-state index contributed by atoms with van der Waals surface area (Å²) in [5.41, 5.74) is 1.65. The van der Waals surface area contributed by atoms with Gasteiger partial charge >= 0.3 is 5.97 Å². The van der Waals surface area contributed by atoms with Gasteiger partial charge in [0.25, 0.3) is 0 Å². The number of sulfonamides is 1. The van der Waals surface area contributed by atoms with Crippen molar-refractivity contribution in [3.05, 3.63) is 53.0 Å². The van der Waals surface area contributed by atoms with Crippen molar-refractivity contribution >= 4 is 16.0 Å². The molecule has 0 spiro atoms. The predicted octanol–water partition coefficient (Wildman–Crippen LogP) is 2.73. The minimum absolute atomic E-state index is 0.0843. The van der Waals surface area contributed by atoms with Crippen LogP contribution in [0, 0.1) is 6.92 Å². The van der Waals surface area contributed by atoms with Gasteiger partial charge in [0.2, 0.25) is 10.0 Å². The zero-order valence-electron chi connectivity index (χ0n) is 13.5. The average Bonchev–Trinajstić information content (AvgIpc) is 3.04. The number of carbonyl (C=O) groups is 1. The fourth-order valence-electron chi connectivity index (χ4n) is 2.99. The summed E-state index contributed by atoms with van der Waals surface area (Å²) in [7, 11) is -2.51. The number of nitrogens with one attached hydrogen (secondary N) is 1. The molecule has 3 rings (SSSR count). The monoisotopic (exact) mass is 349 g/mol. The molecule has 1 N–H and O–H groups in total. The number of methoxy groups -OCH3 is 1. The van der Waals surface area contributed by atoms with Crippen LogP contribution in [0.4, 0.5) is 0 Å². The van der Waals surface area contributed by atoms with Crippen LogP contribution in [0.3, 0.4) is 0 Å². The Bertz CT molecular complexity index is 869. The number of ether oxygens (including phenoxy) is 1. The van der Waals surface area contributed by atoms with Gasteiger partial charge in [0.15, 0.2) is 0 Å². The first-order chi connectivity index (χ1) is 11.4. The lowest BCUT2D eigenvalue weighted by atomic mass is 9.94. The van der Waals surface area contributed by atoms with E-state index in [1.807, 2.05) is 0 Å². The molecule has 1 aromatic heterocycles. The molecule has 128 valence electrons. The lowest BCUT2D eigenvalue weighted by molar-refractivity contribution is 0.0600. The molecule has 0 saturated heterocycles. The predicted molar refractivity (Wildman–Crippen MR) is 87.2 cm³/mol. The fraction of sp³-hybridized carbons (Fsp3) is 0.353. The summed E-state index contributed by atoms with van der Waals surface area (Å²) >= 11 is 0. The number of aryl methyl sites for hydroxylation is 2. The van der Waals surface area contributed by atoms with E-state index in [2.05, 4.69) is 9.46 Å². The lowest BCUT2D eigenvalue weighted by Gasteiger charge is -2.23. The van der Waals surface area contributed by atoms with Crippen LogP contribution >= 0.6 is 0 Å². The van der Waals surface area contributed by atoms with Crippen LogP contribution in [0.15, 0.2) is 39.8 Å². The molecular weight excluding hydrogens is 330 g/mol. The molecule has 0 amide bonds. The molecule has 2 aromatic rings. The van der Waals surface area contributed by atoms with Crippen molar-refractivity contribution in [2.24, 2.45) is 0 Å². The highest BCUT2D eigenvalue weighted by Crippen LogP contribution is 2.32. The van der Waals surface area contributed by atoms with Crippen molar-refractivity contribution in [1.29, 1.82) is 0 Å². The quantitative estimate of drug-likeness (QED) is 0.858. The second kappa shape index (κ2) is 6.41. The Morgan fingerprint density at radius 2 is 2.12 bits per heavy atom. The molecular formula is C17H19NO5S. The van der Waals surface area contributed by atoms with Gasteiger partial charge in [0.1, 0.15) is 5.76 Å². The topological polar surface area (TPSA) is 85.6 Å². The van der Waals surface area contributed by atoms with E-state index in [0.717, 1.165) is 24.2 Å². The average molecular weight is 349 g/mol. The highest BCUT2D eigenvalue weighted by Gasteiger charge is 2.28. The lowest BCUT2D eigenvalue weighted by Crippen LogP contribution is -2.31. The zero-order chi connectivity index (χ0) is 17.3. The van der Waals surface area contributed by atoms with Gasteiger partial charge in [-0.2, -0.15) is 0 Å². The Kier molecular flexibility index (Phi) is 4.47. The molecule has 1 aromatic carbocycles. The van der Waals surface area contributed by atoms with Gasteiger partial charge in [-0.3, -0.25) is 0 Å². The van der Waals surface area contributed by atoms with E-state index < -0.39 is 16.0 Å². The summed E-state index contributed by atoms with van der Waals surface area (Å²) in [6, 6.07) is 5.99. The molecule has 0 radical (unpaired) electrons. The van der Waals surface area contributed by atoms with Gasteiger partial charge in [-0.05, 0) is 43.5 Å². The van der Waals surface area contributed by atoms with E-state index in [4.69, 9.17) is 4.42 Å². The van der Waals surface area contributed by atoms with Crippen molar-refractivity contribution in [2.75, 3.05) is 7.11 Å². The standard InChI is InChI=1S/C17H19NO5S/c1-11-6-7-12(17(19)22-2)10-16(11)24(20,21)18-14-4-3-5-15-13(14)8-9-23-15/h6-10,14,18H,3-5H2,1-2H3. The normalized spacial score (nSPS) is 17.3. The van der Waals surface area contributed by atoms with Gasteiger partial charge in [0.05, 0.1) is 29.9 Å². The van der Waals surface area contributed by atoms with Crippen LogP contribution < -0.4 is 4.72 Å². The van der Waals surface area contributed by atoms with Crippen LogP contribution in [0.25, 0.3) is 0 Å². The van der Waals surface area contributed by atoms with E-state index in [-0.39, 0.29) is 16.5 Å². The Hall–Kier alpha value is -2.12. The van der Waals surface area contributed by atoms with Gasteiger partial charge < -0.3 is 9.15 Å². The number of fused-ring (bicyclic) bond motifs is 1. The molecule has 1 aliphatic carbocycles. The highest BCUT2D eigenvalue weighted by molar-refractivity contribution is 7.89. The Morgan fingerprint density at radius 3 is 2.88 bits per heavy atom. The van der Waals surface area contributed by atoms with Gasteiger partial charge in [-0.15, -0.1) is 0 Å². The number of hydrogen-bond donors (Lipinski definition) is 1. The third-order valence-electron chi connectivity index (χ3n) is 4.25. The van der Waals surface area contributed by atoms with Gasteiger partial charge in [-0.1, -0.05) is 6.07 Å². The summed E-state index contributed by atoms with van der Waals surface area (Å²) in [6.07, 6.45) is 3.97. The molecule has 0 fully saturated rings. The van der Waals surface area contributed by atoms with Crippen LogP contribution in [-0.2, 0) is 21.2 Å². The SMILES string of the molecule is COC(=O)c1ccc(C)c(S(=O)(=O)NC2CCCc3occc32)c1. The van der Waals surface area contributed by atoms with Crippen molar-refractivity contribution in [3.63, 3.8) is 0 Å². The first-order valence-electron chi connectivity index (χ1n) is 7.70. The minimum Gasteiger partial charge on any atom is -0.469 e. The third-order valence-corrected chi connectivity index (χ3v) is 5.86. The number of rotatable bonds is 4. The maximum atomic E-state index is 12.8. The molecule has 0 aliphatic heterocycles. The summed E-state index contributed by atoms with van der Waals surface area (Å²) in [6.45, 7) is 1.69. The molecule has 7 heteroatoms. The van der Waals surface area contributed by atoms with Crippen molar-refractivity contribution < 1.29 is 22.4 Å². The molecule has 1 aliphatic rings.